The number of anilines is 3. The SMILES string of the molecule is CC(C)c1nc2c(c(Nc3ccc(S(=O)(=O)N4CC=CC4)cc3)n1)CCN(c1ncccc1C(F)(F)F)CC2. The Hall–Kier alpha value is -3.51. The number of aromatic nitrogens is 3. The number of benzene rings is 1. The van der Waals surface area contributed by atoms with E-state index >= 15 is 0 Å². The van der Waals surface area contributed by atoms with Gasteiger partial charge in [-0.2, -0.15) is 17.5 Å². The zero-order chi connectivity index (χ0) is 27.8. The maximum Gasteiger partial charge on any atom is 0.419 e. The predicted molar refractivity (Wildman–Crippen MR) is 143 cm³/mol. The molecule has 0 spiro atoms. The van der Waals surface area contributed by atoms with E-state index in [1.54, 1.807) is 29.2 Å². The molecule has 3 aromatic rings. The van der Waals surface area contributed by atoms with Gasteiger partial charge in [-0.15, -0.1) is 0 Å². The van der Waals surface area contributed by atoms with Crippen LogP contribution in [0.5, 0.6) is 0 Å². The first-order valence-electron chi connectivity index (χ1n) is 12.7. The number of nitrogens with one attached hydrogen (secondary N) is 1. The number of nitrogens with zero attached hydrogens (tertiary/aromatic N) is 5. The largest absolute Gasteiger partial charge is 0.419 e. The molecule has 5 rings (SSSR count). The van der Waals surface area contributed by atoms with Crippen LogP contribution in [-0.4, -0.2) is 53.9 Å². The molecular formula is C27H29F3N6O2S. The fourth-order valence-corrected chi connectivity index (χ4v) is 6.06. The molecule has 0 saturated heterocycles. The summed E-state index contributed by atoms with van der Waals surface area (Å²) in [6.07, 6.45) is 1.35. The van der Waals surface area contributed by atoms with Gasteiger partial charge >= 0.3 is 6.18 Å². The number of alkyl halides is 3. The molecule has 0 amide bonds. The Labute approximate surface area is 225 Å². The molecule has 39 heavy (non-hydrogen) atoms. The van der Waals surface area contributed by atoms with Gasteiger partial charge in [0.2, 0.25) is 10.0 Å². The third kappa shape index (κ3) is 5.62. The second-order valence-corrected chi connectivity index (χ2v) is 11.8. The van der Waals surface area contributed by atoms with E-state index in [1.165, 1.54) is 16.6 Å². The topological polar surface area (TPSA) is 91.3 Å². The number of rotatable bonds is 6. The van der Waals surface area contributed by atoms with E-state index < -0.39 is 21.8 Å². The van der Waals surface area contributed by atoms with Crippen molar-refractivity contribution in [1.82, 2.24) is 19.3 Å². The van der Waals surface area contributed by atoms with Crippen LogP contribution in [0.1, 0.15) is 42.4 Å². The Morgan fingerprint density at radius 3 is 2.33 bits per heavy atom. The molecule has 0 atom stereocenters. The summed E-state index contributed by atoms with van der Waals surface area (Å²) in [4.78, 5) is 15.4. The first-order chi connectivity index (χ1) is 18.5. The van der Waals surface area contributed by atoms with Crippen LogP contribution in [0.4, 0.5) is 30.5 Å². The van der Waals surface area contributed by atoms with Crippen molar-refractivity contribution in [2.75, 3.05) is 36.4 Å². The second-order valence-electron chi connectivity index (χ2n) is 9.81. The monoisotopic (exact) mass is 558 g/mol. The first kappa shape index (κ1) is 27.1. The van der Waals surface area contributed by atoms with Crippen molar-refractivity contribution in [2.24, 2.45) is 0 Å². The van der Waals surface area contributed by atoms with Gasteiger partial charge in [0.05, 0.1) is 16.2 Å². The van der Waals surface area contributed by atoms with Gasteiger partial charge in [-0.25, -0.2) is 23.4 Å². The van der Waals surface area contributed by atoms with E-state index in [2.05, 4.69) is 10.3 Å². The van der Waals surface area contributed by atoms with E-state index in [9.17, 15) is 21.6 Å². The average molecular weight is 559 g/mol. The highest BCUT2D eigenvalue weighted by Crippen LogP contribution is 2.36. The molecule has 2 aliphatic heterocycles. The van der Waals surface area contributed by atoms with Crippen LogP contribution in [0, 0.1) is 0 Å². The van der Waals surface area contributed by atoms with Gasteiger partial charge in [-0.05, 0) is 42.8 Å². The van der Waals surface area contributed by atoms with Crippen LogP contribution in [0.15, 0.2) is 59.6 Å². The maximum absolute atomic E-state index is 13.7. The van der Waals surface area contributed by atoms with Crippen molar-refractivity contribution in [3.05, 3.63) is 77.4 Å². The van der Waals surface area contributed by atoms with Gasteiger partial charge in [0, 0.05) is 56.0 Å². The second kappa shape index (κ2) is 10.6. The number of pyridine rings is 1. The molecule has 0 bridgehead atoms. The summed E-state index contributed by atoms with van der Waals surface area (Å²) in [5.74, 6) is 1.14. The molecule has 0 unspecified atom stereocenters. The van der Waals surface area contributed by atoms with Gasteiger partial charge in [0.25, 0.3) is 0 Å². The molecule has 2 aromatic heterocycles. The highest BCUT2D eigenvalue weighted by Gasteiger charge is 2.36. The zero-order valence-corrected chi connectivity index (χ0v) is 22.4. The smallest absolute Gasteiger partial charge is 0.355 e. The molecule has 12 heteroatoms. The molecule has 8 nitrogen and oxygen atoms in total. The number of halogens is 3. The first-order valence-corrected chi connectivity index (χ1v) is 14.2. The summed E-state index contributed by atoms with van der Waals surface area (Å²) >= 11 is 0. The van der Waals surface area contributed by atoms with Gasteiger partial charge in [0.15, 0.2) is 0 Å². The molecule has 206 valence electrons. The van der Waals surface area contributed by atoms with Gasteiger partial charge in [-0.1, -0.05) is 26.0 Å². The summed E-state index contributed by atoms with van der Waals surface area (Å²) in [5.41, 5.74) is 1.49. The Morgan fingerprint density at radius 2 is 1.67 bits per heavy atom. The standard InChI is InChI=1S/C27H29F3N6O2S/c1-18(2)24-33-23-12-17-35(26-22(27(28,29)30)6-5-13-31-26)16-11-21(23)25(34-24)32-19-7-9-20(10-8-19)39(37,38)36-14-3-4-15-36/h3-10,13,18H,11-12,14-17H2,1-2H3,(H,32,33,34). The molecule has 1 N–H and O–H groups in total. The van der Waals surface area contributed by atoms with Crippen LogP contribution in [0.25, 0.3) is 0 Å². The molecule has 2 aliphatic rings. The van der Waals surface area contributed by atoms with Crippen molar-refractivity contribution in [3.63, 3.8) is 0 Å². The number of fused-ring (bicyclic) bond motifs is 1. The fourth-order valence-electron chi connectivity index (χ4n) is 4.71. The van der Waals surface area contributed by atoms with Crippen LogP contribution in [-0.2, 0) is 29.0 Å². The van der Waals surface area contributed by atoms with Crippen LogP contribution in [0.2, 0.25) is 0 Å². The number of hydrogen-bond acceptors (Lipinski definition) is 7. The Morgan fingerprint density at radius 1 is 0.974 bits per heavy atom. The minimum Gasteiger partial charge on any atom is -0.355 e. The summed E-state index contributed by atoms with van der Waals surface area (Å²) in [5, 5.41) is 3.31. The quantitative estimate of drug-likeness (QED) is 0.430. The lowest BCUT2D eigenvalue weighted by atomic mass is 10.1. The number of sulfonamides is 1. The van der Waals surface area contributed by atoms with E-state index in [1.807, 2.05) is 26.0 Å². The summed E-state index contributed by atoms with van der Waals surface area (Å²) in [6.45, 7) is 5.31. The van der Waals surface area contributed by atoms with Crippen molar-refractivity contribution < 1.29 is 21.6 Å². The lowest BCUT2D eigenvalue weighted by molar-refractivity contribution is -0.137. The van der Waals surface area contributed by atoms with Crippen molar-refractivity contribution in [1.29, 1.82) is 0 Å². The molecule has 0 radical (unpaired) electrons. The number of hydrogen-bond donors (Lipinski definition) is 1. The molecule has 4 heterocycles. The van der Waals surface area contributed by atoms with Gasteiger partial charge in [-0.3, -0.25) is 0 Å². The lowest BCUT2D eigenvalue weighted by Gasteiger charge is -2.24. The highest BCUT2D eigenvalue weighted by atomic mass is 32.2. The normalized spacial score (nSPS) is 16.4. The predicted octanol–water partition coefficient (Wildman–Crippen LogP) is 4.92. The summed E-state index contributed by atoms with van der Waals surface area (Å²) in [7, 11) is -3.59. The van der Waals surface area contributed by atoms with Crippen molar-refractivity contribution in [2.45, 2.75) is 43.7 Å². The van der Waals surface area contributed by atoms with E-state index in [4.69, 9.17) is 9.97 Å². The molecule has 0 fully saturated rings. The molecule has 0 aliphatic carbocycles. The third-order valence-electron chi connectivity index (χ3n) is 6.81. The van der Waals surface area contributed by atoms with Crippen molar-refractivity contribution in [3.8, 4) is 0 Å². The Kier molecular flexibility index (Phi) is 7.34. The van der Waals surface area contributed by atoms with Crippen molar-refractivity contribution >= 4 is 27.3 Å². The van der Waals surface area contributed by atoms with E-state index in [0.29, 0.717) is 56.4 Å². The zero-order valence-electron chi connectivity index (χ0n) is 21.6. The van der Waals surface area contributed by atoms with Crippen LogP contribution >= 0.6 is 0 Å². The van der Waals surface area contributed by atoms with Crippen LogP contribution in [0.3, 0.4) is 0 Å². The van der Waals surface area contributed by atoms with E-state index in [-0.39, 0.29) is 16.6 Å². The van der Waals surface area contributed by atoms with Crippen LogP contribution < -0.4 is 10.2 Å². The maximum atomic E-state index is 13.7. The van der Waals surface area contributed by atoms with E-state index in [0.717, 1.165) is 17.3 Å². The third-order valence-corrected chi connectivity index (χ3v) is 8.65. The lowest BCUT2D eigenvalue weighted by Crippen LogP contribution is -2.29. The molecular weight excluding hydrogens is 529 g/mol. The average Bonchev–Trinajstić information content (AvgIpc) is 3.37. The molecule has 1 aromatic carbocycles. The highest BCUT2D eigenvalue weighted by molar-refractivity contribution is 7.89. The summed E-state index contributed by atoms with van der Waals surface area (Å²) < 4.78 is 68.1. The minimum atomic E-state index is -4.51. The molecule has 0 saturated carbocycles. The summed E-state index contributed by atoms with van der Waals surface area (Å²) in [6, 6.07) is 8.83. The minimum absolute atomic E-state index is 0.0319. The van der Waals surface area contributed by atoms with Gasteiger partial charge < -0.3 is 10.2 Å². The fraction of sp³-hybridized carbons (Fsp3) is 0.370. The Bertz CT molecular complexity index is 1480. The Balaban J connectivity index is 1.42. The van der Waals surface area contributed by atoms with Gasteiger partial charge in [0.1, 0.15) is 17.5 Å².